The van der Waals surface area contributed by atoms with Crippen LogP contribution in [0.5, 0.6) is 0 Å². The first kappa shape index (κ1) is 19.6. The van der Waals surface area contributed by atoms with Gasteiger partial charge in [0.15, 0.2) is 0 Å². The summed E-state index contributed by atoms with van der Waals surface area (Å²) in [5.41, 5.74) is 2.92. The van der Waals surface area contributed by atoms with Crippen LogP contribution in [0.15, 0.2) is 71.6 Å². The van der Waals surface area contributed by atoms with E-state index in [0.717, 1.165) is 35.4 Å². The molecule has 144 valence electrons. The summed E-state index contributed by atoms with van der Waals surface area (Å²) in [6, 6.07) is 16.3. The first-order valence-electron chi connectivity index (χ1n) is 8.53. The van der Waals surface area contributed by atoms with Crippen molar-refractivity contribution in [2.45, 2.75) is 18.7 Å². The van der Waals surface area contributed by atoms with Crippen LogP contribution >= 0.6 is 0 Å². The van der Waals surface area contributed by atoms with Crippen molar-refractivity contribution in [2.24, 2.45) is 0 Å². The Morgan fingerprint density at radius 1 is 0.857 bits per heavy atom. The van der Waals surface area contributed by atoms with Gasteiger partial charge >= 0.3 is 0 Å². The highest BCUT2D eigenvalue weighted by molar-refractivity contribution is 7.92. The van der Waals surface area contributed by atoms with Crippen LogP contribution in [0.25, 0.3) is 0 Å². The molecule has 0 aliphatic carbocycles. The number of hydrogen-bond acceptors (Lipinski definition) is 3. The lowest BCUT2D eigenvalue weighted by Crippen LogP contribution is -2.19. The van der Waals surface area contributed by atoms with E-state index in [0.29, 0.717) is 5.69 Å². The molecule has 0 aliphatic heterocycles. The Morgan fingerprint density at radius 2 is 1.50 bits per heavy atom. The van der Waals surface area contributed by atoms with Gasteiger partial charge in [0.05, 0.1) is 16.1 Å². The molecule has 0 radical (unpaired) electrons. The fraction of sp³-hybridized carbons (Fsp3) is 0.0952. The number of amides is 1. The average molecular weight is 398 g/mol. The number of carbonyl (C=O) groups is 1. The number of anilines is 2. The number of aryl methyl sites for hydroxylation is 1. The van der Waals surface area contributed by atoms with Crippen molar-refractivity contribution in [1.82, 2.24) is 0 Å². The zero-order valence-electron chi connectivity index (χ0n) is 15.4. The van der Waals surface area contributed by atoms with Crippen molar-refractivity contribution in [3.05, 3.63) is 89.2 Å². The Labute approximate surface area is 163 Å². The van der Waals surface area contributed by atoms with Gasteiger partial charge in [0.25, 0.3) is 15.9 Å². The number of para-hydroxylation sites is 1. The molecule has 28 heavy (non-hydrogen) atoms. The maximum Gasteiger partial charge on any atom is 0.261 e. The van der Waals surface area contributed by atoms with Gasteiger partial charge in [-0.15, -0.1) is 0 Å². The Morgan fingerprint density at radius 3 is 2.21 bits per heavy atom. The zero-order valence-corrected chi connectivity index (χ0v) is 16.2. The van der Waals surface area contributed by atoms with Crippen molar-refractivity contribution in [1.29, 1.82) is 0 Å². The van der Waals surface area contributed by atoms with Gasteiger partial charge in [0.2, 0.25) is 0 Å². The van der Waals surface area contributed by atoms with Gasteiger partial charge in [-0.1, -0.05) is 24.3 Å². The minimum Gasteiger partial charge on any atom is -0.322 e. The van der Waals surface area contributed by atoms with Crippen LogP contribution in [0.2, 0.25) is 0 Å². The van der Waals surface area contributed by atoms with Crippen LogP contribution in [-0.4, -0.2) is 14.3 Å². The maximum atomic E-state index is 13.1. The highest BCUT2D eigenvalue weighted by Gasteiger charge is 2.19. The molecule has 0 aromatic heterocycles. The lowest BCUT2D eigenvalue weighted by Gasteiger charge is -2.14. The number of halogens is 1. The minimum atomic E-state index is -3.97. The van der Waals surface area contributed by atoms with Gasteiger partial charge in [0, 0.05) is 5.69 Å². The summed E-state index contributed by atoms with van der Waals surface area (Å²) in [5.74, 6) is -0.974. The van der Waals surface area contributed by atoms with Crippen LogP contribution in [0.4, 0.5) is 15.8 Å². The van der Waals surface area contributed by atoms with Gasteiger partial charge < -0.3 is 5.32 Å². The van der Waals surface area contributed by atoms with Crippen molar-refractivity contribution in [2.75, 3.05) is 10.0 Å². The molecule has 5 nitrogen and oxygen atoms in total. The van der Waals surface area contributed by atoms with E-state index in [-0.39, 0.29) is 16.1 Å². The van der Waals surface area contributed by atoms with Gasteiger partial charge in [-0.3, -0.25) is 9.52 Å². The zero-order chi connectivity index (χ0) is 20.3. The molecule has 0 heterocycles. The van der Waals surface area contributed by atoms with E-state index < -0.39 is 21.7 Å². The molecular weight excluding hydrogens is 379 g/mol. The molecule has 0 unspecified atom stereocenters. The van der Waals surface area contributed by atoms with E-state index in [1.807, 2.05) is 26.0 Å². The first-order chi connectivity index (χ1) is 13.3. The third-order valence-electron chi connectivity index (χ3n) is 4.39. The van der Waals surface area contributed by atoms with E-state index in [1.165, 1.54) is 12.1 Å². The predicted molar refractivity (Wildman–Crippen MR) is 108 cm³/mol. The Kier molecular flexibility index (Phi) is 5.46. The van der Waals surface area contributed by atoms with E-state index in [2.05, 4.69) is 10.0 Å². The highest BCUT2D eigenvalue weighted by atomic mass is 32.2. The van der Waals surface area contributed by atoms with E-state index in [9.17, 15) is 17.6 Å². The van der Waals surface area contributed by atoms with E-state index >= 15 is 0 Å². The molecule has 2 N–H and O–H groups in total. The standard InChI is InChI=1S/C21H19FN2O3S/c1-14-6-5-9-19(15(14)2)23-21(25)18-7-3-4-8-20(18)24-28(26,27)17-12-10-16(22)11-13-17/h3-13,24H,1-2H3,(H,23,25). The largest absolute Gasteiger partial charge is 0.322 e. The maximum absolute atomic E-state index is 13.1. The number of hydrogen-bond donors (Lipinski definition) is 2. The summed E-state index contributed by atoms with van der Waals surface area (Å²) in [5, 5.41) is 2.82. The van der Waals surface area contributed by atoms with E-state index in [4.69, 9.17) is 0 Å². The van der Waals surface area contributed by atoms with Crippen LogP contribution < -0.4 is 10.0 Å². The molecule has 0 saturated carbocycles. The lowest BCUT2D eigenvalue weighted by molar-refractivity contribution is 0.102. The fourth-order valence-electron chi connectivity index (χ4n) is 2.66. The Bertz CT molecular complexity index is 1130. The molecule has 0 saturated heterocycles. The van der Waals surface area contributed by atoms with Gasteiger partial charge in [-0.2, -0.15) is 0 Å². The first-order valence-corrected chi connectivity index (χ1v) is 10.0. The van der Waals surface area contributed by atoms with Crippen LogP contribution in [0.1, 0.15) is 21.5 Å². The fourth-order valence-corrected chi connectivity index (χ4v) is 3.74. The summed E-state index contributed by atoms with van der Waals surface area (Å²) in [4.78, 5) is 12.7. The topological polar surface area (TPSA) is 75.3 Å². The number of sulfonamides is 1. The molecule has 7 heteroatoms. The van der Waals surface area contributed by atoms with Gasteiger partial charge in [-0.25, -0.2) is 12.8 Å². The van der Waals surface area contributed by atoms with Crippen molar-refractivity contribution in [3.8, 4) is 0 Å². The van der Waals surface area contributed by atoms with Crippen molar-refractivity contribution in [3.63, 3.8) is 0 Å². The number of carbonyl (C=O) groups excluding carboxylic acids is 1. The summed E-state index contributed by atoms with van der Waals surface area (Å²) >= 11 is 0. The summed E-state index contributed by atoms with van der Waals surface area (Å²) in [7, 11) is -3.97. The quantitative estimate of drug-likeness (QED) is 0.665. The third kappa shape index (κ3) is 4.20. The monoisotopic (exact) mass is 398 g/mol. The molecule has 0 bridgehead atoms. The van der Waals surface area contributed by atoms with Crippen molar-refractivity contribution >= 4 is 27.3 Å². The molecule has 3 aromatic rings. The molecule has 0 fully saturated rings. The molecule has 0 atom stereocenters. The van der Waals surface area contributed by atoms with Crippen molar-refractivity contribution < 1.29 is 17.6 Å². The predicted octanol–water partition coefficient (Wildman–Crippen LogP) is 4.50. The molecule has 3 rings (SSSR count). The van der Waals surface area contributed by atoms with E-state index in [1.54, 1.807) is 18.2 Å². The van der Waals surface area contributed by atoms with Gasteiger partial charge in [-0.05, 0) is 67.4 Å². The second-order valence-electron chi connectivity index (χ2n) is 6.31. The SMILES string of the molecule is Cc1cccc(NC(=O)c2ccccc2NS(=O)(=O)c2ccc(F)cc2)c1C. The smallest absolute Gasteiger partial charge is 0.261 e. The molecule has 1 amide bonds. The minimum absolute atomic E-state index is 0.0985. The normalized spacial score (nSPS) is 11.1. The molecule has 0 spiro atoms. The lowest BCUT2D eigenvalue weighted by atomic mass is 10.1. The van der Waals surface area contributed by atoms with Crippen LogP contribution in [0, 0.1) is 19.7 Å². The summed E-state index contributed by atoms with van der Waals surface area (Å²) in [6.07, 6.45) is 0. The molecular formula is C21H19FN2O3S. The molecule has 3 aromatic carbocycles. The molecule has 0 aliphatic rings. The Hall–Kier alpha value is -3.19. The van der Waals surface area contributed by atoms with Gasteiger partial charge in [0.1, 0.15) is 5.82 Å². The second-order valence-corrected chi connectivity index (χ2v) is 7.99. The third-order valence-corrected chi connectivity index (χ3v) is 5.77. The Balaban J connectivity index is 1.89. The summed E-state index contributed by atoms with van der Waals surface area (Å²) in [6.45, 7) is 3.84. The number of rotatable bonds is 5. The van der Waals surface area contributed by atoms with Crippen LogP contribution in [0.3, 0.4) is 0 Å². The number of nitrogens with one attached hydrogen (secondary N) is 2. The summed E-state index contributed by atoms with van der Waals surface area (Å²) < 4.78 is 40.6. The highest BCUT2D eigenvalue weighted by Crippen LogP contribution is 2.23. The number of benzene rings is 3. The second kappa shape index (κ2) is 7.82. The average Bonchev–Trinajstić information content (AvgIpc) is 2.66. The van der Waals surface area contributed by atoms with Crippen LogP contribution in [-0.2, 0) is 10.0 Å².